The van der Waals surface area contributed by atoms with Gasteiger partial charge in [0.05, 0.1) is 6.61 Å². The summed E-state index contributed by atoms with van der Waals surface area (Å²) >= 11 is 0. The van der Waals surface area contributed by atoms with Gasteiger partial charge in [0.25, 0.3) is 0 Å². The molecule has 0 saturated carbocycles. The van der Waals surface area contributed by atoms with Crippen molar-refractivity contribution in [1.82, 2.24) is 0 Å². The van der Waals surface area contributed by atoms with Gasteiger partial charge in [-0.15, -0.1) is 0 Å². The summed E-state index contributed by atoms with van der Waals surface area (Å²) in [5.74, 6) is -0.156. The van der Waals surface area contributed by atoms with Gasteiger partial charge in [0.2, 0.25) is 0 Å². The van der Waals surface area contributed by atoms with E-state index < -0.39 is 5.97 Å². The van der Waals surface area contributed by atoms with Crippen molar-refractivity contribution in [3.05, 3.63) is 90.3 Å². The third-order valence-corrected chi connectivity index (χ3v) is 4.52. The van der Waals surface area contributed by atoms with Crippen LogP contribution >= 0.6 is 0 Å². The molecule has 0 saturated heterocycles. The lowest BCUT2D eigenvalue weighted by Crippen LogP contribution is -2.06. The lowest BCUT2D eigenvalue weighted by molar-refractivity contribution is -0.140. The van der Waals surface area contributed by atoms with Gasteiger partial charge in [0.15, 0.2) is 0 Å². The molecule has 0 fully saturated rings. The van der Waals surface area contributed by atoms with Crippen LogP contribution in [-0.2, 0) is 16.1 Å². The van der Waals surface area contributed by atoms with Gasteiger partial charge < -0.3 is 14.6 Å². The number of hydrogen-bond donors (Lipinski definition) is 1. The van der Waals surface area contributed by atoms with E-state index in [4.69, 9.17) is 14.6 Å². The van der Waals surface area contributed by atoms with Crippen LogP contribution in [0.15, 0.2) is 78.9 Å². The molecule has 0 unspecified atom stereocenters. The molecule has 3 aromatic carbocycles. The Morgan fingerprint density at radius 2 is 1.70 bits per heavy atom. The smallest absolute Gasteiger partial charge is 0.333 e. The summed E-state index contributed by atoms with van der Waals surface area (Å²) in [5, 5.41) is 8.88. The van der Waals surface area contributed by atoms with Crippen LogP contribution in [0.1, 0.15) is 12.5 Å². The first kappa shape index (κ1) is 21.3. The standard InChI is InChI=1S/C25H23FO4/c1-17(2)25(28)30-16-20-15-19(23-5-3-4-6-24(23)26)9-12-22(20)18-7-10-21(11-8-18)29-14-13-27/h3-12,15,27H,1,13-14,16H2,2H3. The molecule has 0 bridgehead atoms. The Morgan fingerprint density at radius 1 is 1.00 bits per heavy atom. The topological polar surface area (TPSA) is 55.8 Å². The number of halogens is 1. The molecule has 0 spiro atoms. The van der Waals surface area contributed by atoms with Gasteiger partial charge in [-0.2, -0.15) is 0 Å². The molecule has 0 heterocycles. The molecule has 154 valence electrons. The summed E-state index contributed by atoms with van der Waals surface area (Å²) in [6, 6.07) is 19.5. The Hall–Kier alpha value is -3.44. The Balaban J connectivity index is 1.97. The Kier molecular flexibility index (Phi) is 6.99. The van der Waals surface area contributed by atoms with Crippen LogP contribution in [0.25, 0.3) is 22.3 Å². The number of esters is 1. The molecule has 0 radical (unpaired) electrons. The Labute approximate surface area is 175 Å². The van der Waals surface area contributed by atoms with Crippen molar-refractivity contribution in [1.29, 1.82) is 0 Å². The number of aliphatic hydroxyl groups excluding tert-OH is 1. The maximum atomic E-state index is 14.3. The second-order valence-corrected chi connectivity index (χ2v) is 6.80. The van der Waals surface area contributed by atoms with Crippen LogP contribution in [0.3, 0.4) is 0 Å². The van der Waals surface area contributed by atoms with Gasteiger partial charge in [-0.3, -0.25) is 0 Å². The van der Waals surface area contributed by atoms with Crippen molar-refractivity contribution in [3.8, 4) is 28.0 Å². The molecule has 3 aromatic rings. The van der Waals surface area contributed by atoms with Crippen LogP contribution in [-0.4, -0.2) is 24.3 Å². The lowest BCUT2D eigenvalue weighted by Gasteiger charge is -2.14. The number of rotatable bonds is 8. The van der Waals surface area contributed by atoms with Crippen molar-refractivity contribution in [2.45, 2.75) is 13.5 Å². The number of hydrogen-bond acceptors (Lipinski definition) is 4. The van der Waals surface area contributed by atoms with E-state index in [1.54, 1.807) is 37.3 Å². The second-order valence-electron chi connectivity index (χ2n) is 6.80. The predicted octanol–water partition coefficient (Wildman–Crippen LogP) is 5.15. The van der Waals surface area contributed by atoms with E-state index in [-0.39, 0.29) is 25.6 Å². The van der Waals surface area contributed by atoms with Crippen molar-refractivity contribution in [2.75, 3.05) is 13.2 Å². The number of carbonyl (C=O) groups excluding carboxylic acids is 1. The van der Waals surface area contributed by atoms with E-state index in [1.807, 2.05) is 30.3 Å². The van der Waals surface area contributed by atoms with E-state index in [0.717, 1.165) is 16.7 Å². The molecule has 0 aliphatic rings. The highest BCUT2D eigenvalue weighted by Gasteiger charge is 2.13. The molecule has 4 nitrogen and oxygen atoms in total. The number of ether oxygens (including phenoxy) is 2. The number of aliphatic hydroxyl groups is 1. The first-order valence-corrected chi connectivity index (χ1v) is 9.54. The normalized spacial score (nSPS) is 10.5. The molecule has 0 amide bonds. The van der Waals surface area contributed by atoms with Gasteiger partial charge in [0, 0.05) is 11.1 Å². The molecule has 0 aliphatic carbocycles. The average Bonchev–Trinajstić information content (AvgIpc) is 2.76. The highest BCUT2D eigenvalue weighted by atomic mass is 19.1. The van der Waals surface area contributed by atoms with Crippen molar-refractivity contribution >= 4 is 5.97 Å². The van der Waals surface area contributed by atoms with Gasteiger partial charge in [-0.1, -0.05) is 49.0 Å². The third kappa shape index (κ3) is 5.13. The quantitative estimate of drug-likeness (QED) is 0.415. The van der Waals surface area contributed by atoms with E-state index in [2.05, 4.69) is 6.58 Å². The van der Waals surface area contributed by atoms with E-state index in [9.17, 15) is 9.18 Å². The highest BCUT2D eigenvalue weighted by molar-refractivity contribution is 5.87. The maximum absolute atomic E-state index is 14.3. The van der Waals surface area contributed by atoms with Crippen molar-refractivity contribution in [2.24, 2.45) is 0 Å². The summed E-state index contributed by atoms with van der Waals surface area (Å²) in [5.41, 5.74) is 3.98. The molecular weight excluding hydrogens is 383 g/mol. The maximum Gasteiger partial charge on any atom is 0.333 e. The minimum atomic E-state index is -0.481. The highest BCUT2D eigenvalue weighted by Crippen LogP contribution is 2.31. The van der Waals surface area contributed by atoms with Gasteiger partial charge >= 0.3 is 5.97 Å². The lowest BCUT2D eigenvalue weighted by atomic mass is 9.95. The molecule has 1 N–H and O–H groups in total. The minimum Gasteiger partial charge on any atom is -0.491 e. The van der Waals surface area contributed by atoms with Crippen molar-refractivity contribution in [3.63, 3.8) is 0 Å². The first-order chi connectivity index (χ1) is 14.5. The van der Waals surface area contributed by atoms with Crippen LogP contribution in [0.2, 0.25) is 0 Å². The minimum absolute atomic E-state index is 0.0338. The van der Waals surface area contributed by atoms with Crippen molar-refractivity contribution < 1.29 is 23.8 Å². The van der Waals surface area contributed by atoms with E-state index >= 15 is 0 Å². The SMILES string of the molecule is C=C(C)C(=O)OCc1cc(-c2ccccc2F)ccc1-c1ccc(OCCO)cc1. The van der Waals surface area contributed by atoms with Gasteiger partial charge in [-0.25, -0.2) is 9.18 Å². The van der Waals surface area contributed by atoms with E-state index in [0.29, 0.717) is 22.4 Å². The predicted molar refractivity (Wildman–Crippen MR) is 114 cm³/mol. The largest absolute Gasteiger partial charge is 0.491 e. The summed E-state index contributed by atoms with van der Waals surface area (Å²) in [6.07, 6.45) is 0. The van der Waals surface area contributed by atoms with Crippen LogP contribution in [0.5, 0.6) is 5.75 Å². The third-order valence-electron chi connectivity index (χ3n) is 4.52. The molecule has 0 atom stereocenters. The fourth-order valence-corrected chi connectivity index (χ4v) is 3.02. The molecule has 0 aromatic heterocycles. The Morgan fingerprint density at radius 3 is 2.37 bits per heavy atom. The van der Waals surface area contributed by atoms with E-state index in [1.165, 1.54) is 6.07 Å². The molecule has 5 heteroatoms. The Bertz CT molecular complexity index is 1040. The fraction of sp³-hybridized carbons (Fsp3) is 0.160. The zero-order chi connectivity index (χ0) is 21.5. The zero-order valence-corrected chi connectivity index (χ0v) is 16.7. The van der Waals surface area contributed by atoms with Gasteiger partial charge in [0.1, 0.15) is 24.8 Å². The van der Waals surface area contributed by atoms with Crippen LogP contribution in [0, 0.1) is 5.82 Å². The van der Waals surface area contributed by atoms with Gasteiger partial charge in [-0.05, 0) is 53.4 Å². The van der Waals surface area contributed by atoms with Crippen LogP contribution in [0.4, 0.5) is 4.39 Å². The van der Waals surface area contributed by atoms with Crippen LogP contribution < -0.4 is 4.74 Å². The first-order valence-electron chi connectivity index (χ1n) is 9.54. The number of carbonyl (C=O) groups is 1. The zero-order valence-electron chi connectivity index (χ0n) is 16.7. The molecule has 30 heavy (non-hydrogen) atoms. The summed E-state index contributed by atoms with van der Waals surface area (Å²) in [6.45, 7) is 5.39. The number of benzene rings is 3. The average molecular weight is 406 g/mol. The summed E-state index contributed by atoms with van der Waals surface area (Å²) in [4.78, 5) is 11.9. The monoisotopic (exact) mass is 406 g/mol. The molecular formula is C25H23FO4. The molecule has 0 aliphatic heterocycles. The summed E-state index contributed by atoms with van der Waals surface area (Å²) in [7, 11) is 0. The summed E-state index contributed by atoms with van der Waals surface area (Å²) < 4.78 is 25.0. The fourth-order valence-electron chi connectivity index (χ4n) is 3.02. The second kappa shape index (κ2) is 9.85. The molecule has 3 rings (SSSR count).